The molecule has 2 heteroatoms. The summed E-state index contributed by atoms with van der Waals surface area (Å²) in [6.45, 7) is 0.869. The van der Waals surface area contributed by atoms with E-state index < -0.39 is 0 Å². The maximum atomic E-state index is 5.31. The zero-order chi connectivity index (χ0) is 6.10. The normalized spacial score (nSPS) is 16.4. The van der Waals surface area contributed by atoms with Gasteiger partial charge in [-0.15, -0.1) is 0 Å². The fourth-order valence-electron chi connectivity index (χ4n) is 1.15. The third-order valence-electron chi connectivity index (χ3n) is 1.63. The van der Waals surface area contributed by atoms with Gasteiger partial charge in [0.05, 0.1) is 6.61 Å². The summed E-state index contributed by atoms with van der Waals surface area (Å²) in [5.74, 6) is 0.973. The average Bonchev–Trinajstić information content (AvgIpc) is 2.33. The van der Waals surface area contributed by atoms with Crippen LogP contribution in [-0.4, -0.2) is 11.6 Å². The molecule has 9 heavy (non-hydrogen) atoms. The molecule has 1 aromatic rings. The Morgan fingerprint density at radius 3 is 3.44 bits per heavy atom. The molecule has 0 atom stereocenters. The van der Waals surface area contributed by atoms with Crippen LogP contribution in [0.4, 0.5) is 0 Å². The predicted molar refractivity (Wildman–Crippen MR) is 34.6 cm³/mol. The lowest BCUT2D eigenvalue weighted by Gasteiger charge is -2.11. The highest BCUT2D eigenvalue weighted by atomic mass is 16.5. The summed E-state index contributed by atoms with van der Waals surface area (Å²) in [5.41, 5.74) is 1.32. The Morgan fingerprint density at radius 1 is 1.56 bits per heavy atom. The molecule has 0 aromatic carbocycles. The van der Waals surface area contributed by atoms with Crippen LogP contribution in [0.5, 0.6) is 5.88 Å². The summed E-state index contributed by atoms with van der Waals surface area (Å²) >= 11 is 0. The summed E-state index contributed by atoms with van der Waals surface area (Å²) in [6, 6.07) is 2.08. The minimum atomic E-state index is 0.869. The number of hydrogen-bond donors (Lipinski definition) is 1. The Hall–Kier alpha value is -0.920. The van der Waals surface area contributed by atoms with Crippen LogP contribution in [0, 0.1) is 0 Å². The highest BCUT2D eigenvalue weighted by Crippen LogP contribution is 2.21. The summed E-state index contributed by atoms with van der Waals surface area (Å²) in [6.07, 6.45) is 4.25. The summed E-state index contributed by atoms with van der Waals surface area (Å²) in [5, 5.41) is 0. The molecule has 0 saturated heterocycles. The first-order valence-corrected chi connectivity index (χ1v) is 3.26. The molecule has 0 aliphatic carbocycles. The first-order valence-electron chi connectivity index (χ1n) is 3.26. The molecule has 0 saturated carbocycles. The quantitative estimate of drug-likeness (QED) is 0.553. The highest BCUT2D eigenvalue weighted by Gasteiger charge is 2.08. The van der Waals surface area contributed by atoms with Crippen molar-refractivity contribution in [3.05, 3.63) is 17.8 Å². The van der Waals surface area contributed by atoms with Crippen molar-refractivity contribution in [3.63, 3.8) is 0 Å². The van der Waals surface area contributed by atoms with Gasteiger partial charge >= 0.3 is 0 Å². The number of H-pyrrole nitrogens is 1. The van der Waals surface area contributed by atoms with Crippen molar-refractivity contribution in [2.75, 3.05) is 6.61 Å². The van der Waals surface area contributed by atoms with Crippen LogP contribution in [0.3, 0.4) is 0 Å². The molecule has 1 aromatic heterocycles. The molecule has 0 spiro atoms. The molecule has 2 nitrogen and oxygen atoms in total. The molecule has 1 aliphatic rings. The van der Waals surface area contributed by atoms with E-state index in [2.05, 4.69) is 11.1 Å². The zero-order valence-electron chi connectivity index (χ0n) is 5.18. The van der Waals surface area contributed by atoms with Gasteiger partial charge in [-0.25, -0.2) is 0 Å². The molecule has 0 amide bonds. The Labute approximate surface area is 53.8 Å². The van der Waals surface area contributed by atoms with Crippen molar-refractivity contribution < 1.29 is 4.74 Å². The number of nitrogens with one attached hydrogen (secondary N) is 1. The first kappa shape index (κ1) is 4.91. The number of aryl methyl sites for hydroxylation is 1. The van der Waals surface area contributed by atoms with Crippen LogP contribution in [0.25, 0.3) is 0 Å². The average molecular weight is 123 g/mol. The smallest absolute Gasteiger partial charge is 0.194 e. The molecule has 1 N–H and O–H groups in total. The zero-order valence-corrected chi connectivity index (χ0v) is 5.18. The SMILES string of the molecule is c1cc2c([nH]1)OCCC2. The van der Waals surface area contributed by atoms with Gasteiger partial charge in [-0.05, 0) is 18.9 Å². The minimum absolute atomic E-state index is 0.869. The van der Waals surface area contributed by atoms with E-state index in [1.807, 2.05) is 6.20 Å². The van der Waals surface area contributed by atoms with Crippen molar-refractivity contribution in [2.45, 2.75) is 12.8 Å². The number of aromatic amines is 1. The van der Waals surface area contributed by atoms with Crippen molar-refractivity contribution in [2.24, 2.45) is 0 Å². The standard InChI is InChI=1S/C7H9NO/c1-2-6-3-4-8-7(6)9-5-1/h3-4,8H,1-2,5H2. The molecule has 0 radical (unpaired) electrons. The maximum Gasteiger partial charge on any atom is 0.194 e. The molecule has 0 fully saturated rings. The van der Waals surface area contributed by atoms with Crippen LogP contribution < -0.4 is 4.74 Å². The van der Waals surface area contributed by atoms with Gasteiger partial charge in [0.25, 0.3) is 0 Å². The predicted octanol–water partition coefficient (Wildman–Crippen LogP) is 1.34. The molecular weight excluding hydrogens is 114 g/mol. The second-order valence-electron chi connectivity index (χ2n) is 2.28. The molecule has 48 valence electrons. The van der Waals surface area contributed by atoms with Crippen LogP contribution >= 0.6 is 0 Å². The Bertz CT molecular complexity index is 184. The van der Waals surface area contributed by atoms with Crippen LogP contribution in [0.15, 0.2) is 12.3 Å². The van der Waals surface area contributed by atoms with E-state index in [0.29, 0.717) is 0 Å². The molecule has 0 bridgehead atoms. The van der Waals surface area contributed by atoms with Crippen LogP contribution in [0.2, 0.25) is 0 Å². The number of aromatic nitrogens is 1. The Balaban J connectivity index is 2.39. The van der Waals surface area contributed by atoms with Crippen molar-refractivity contribution in [1.82, 2.24) is 4.98 Å². The maximum absolute atomic E-state index is 5.31. The van der Waals surface area contributed by atoms with Gasteiger partial charge < -0.3 is 9.72 Å². The lowest BCUT2D eigenvalue weighted by atomic mass is 10.1. The Kier molecular flexibility index (Phi) is 0.979. The van der Waals surface area contributed by atoms with E-state index in [9.17, 15) is 0 Å². The molecule has 2 rings (SSSR count). The van der Waals surface area contributed by atoms with Gasteiger partial charge in [0.15, 0.2) is 5.88 Å². The van der Waals surface area contributed by atoms with Gasteiger partial charge in [-0.1, -0.05) is 0 Å². The number of ether oxygens (including phenoxy) is 1. The van der Waals surface area contributed by atoms with Crippen LogP contribution in [0.1, 0.15) is 12.0 Å². The number of fused-ring (bicyclic) bond motifs is 1. The van der Waals surface area contributed by atoms with Gasteiger partial charge in [0, 0.05) is 11.8 Å². The van der Waals surface area contributed by atoms with Gasteiger partial charge in [0.2, 0.25) is 0 Å². The lowest BCUT2D eigenvalue weighted by molar-refractivity contribution is 0.279. The number of rotatable bonds is 0. The van der Waals surface area contributed by atoms with E-state index in [0.717, 1.165) is 18.9 Å². The van der Waals surface area contributed by atoms with Crippen molar-refractivity contribution >= 4 is 0 Å². The van der Waals surface area contributed by atoms with Crippen molar-refractivity contribution in [3.8, 4) is 5.88 Å². The fourth-order valence-corrected chi connectivity index (χ4v) is 1.15. The summed E-state index contributed by atoms with van der Waals surface area (Å²) < 4.78 is 5.31. The molecule has 1 aliphatic heterocycles. The van der Waals surface area contributed by atoms with E-state index >= 15 is 0 Å². The highest BCUT2D eigenvalue weighted by molar-refractivity contribution is 5.27. The third kappa shape index (κ3) is 0.707. The lowest BCUT2D eigenvalue weighted by Crippen LogP contribution is -2.06. The summed E-state index contributed by atoms with van der Waals surface area (Å²) in [7, 11) is 0. The number of hydrogen-bond acceptors (Lipinski definition) is 1. The van der Waals surface area contributed by atoms with E-state index in [-0.39, 0.29) is 0 Å². The van der Waals surface area contributed by atoms with Crippen molar-refractivity contribution in [1.29, 1.82) is 0 Å². The third-order valence-corrected chi connectivity index (χ3v) is 1.63. The minimum Gasteiger partial charge on any atom is -0.479 e. The van der Waals surface area contributed by atoms with Gasteiger partial charge in [-0.2, -0.15) is 0 Å². The van der Waals surface area contributed by atoms with E-state index in [4.69, 9.17) is 4.74 Å². The molecule has 2 heterocycles. The van der Waals surface area contributed by atoms with E-state index in [1.165, 1.54) is 12.0 Å². The molecule has 0 unspecified atom stereocenters. The molecular formula is C7H9NO. The second-order valence-corrected chi connectivity index (χ2v) is 2.28. The largest absolute Gasteiger partial charge is 0.479 e. The topological polar surface area (TPSA) is 25.0 Å². The van der Waals surface area contributed by atoms with Crippen LogP contribution in [-0.2, 0) is 6.42 Å². The van der Waals surface area contributed by atoms with E-state index in [1.54, 1.807) is 0 Å². The Morgan fingerprint density at radius 2 is 2.56 bits per heavy atom. The van der Waals surface area contributed by atoms with Gasteiger partial charge in [-0.3, -0.25) is 0 Å². The summed E-state index contributed by atoms with van der Waals surface area (Å²) in [4.78, 5) is 3.04. The fraction of sp³-hybridized carbons (Fsp3) is 0.429. The monoisotopic (exact) mass is 123 g/mol. The first-order chi connectivity index (χ1) is 4.47. The second kappa shape index (κ2) is 1.79. The van der Waals surface area contributed by atoms with Gasteiger partial charge in [0.1, 0.15) is 0 Å².